The van der Waals surface area contributed by atoms with Crippen LogP contribution in [0.2, 0.25) is 0 Å². The number of carbonyl (C=O) groups excluding carboxylic acids is 6. The van der Waals surface area contributed by atoms with E-state index in [1.807, 2.05) is 0 Å². The third-order valence-corrected chi connectivity index (χ3v) is 15.9. The van der Waals surface area contributed by atoms with Gasteiger partial charge >= 0.3 is 6.09 Å². The minimum absolute atomic E-state index is 0.0905. The Morgan fingerprint density at radius 1 is 0.634 bits per heavy atom. The molecule has 6 aromatic rings. The second-order valence-corrected chi connectivity index (χ2v) is 23.4. The molecule has 0 unspecified atom stereocenters. The number of Topliss-reactive ketones (excluding diaryl/α,β-unsaturated/α-hetero) is 1. The molecule has 4 atom stereocenters. The van der Waals surface area contributed by atoms with Gasteiger partial charge in [0.15, 0.2) is 5.78 Å². The maximum atomic E-state index is 14.8. The highest BCUT2D eigenvalue weighted by atomic mass is 19.3. The van der Waals surface area contributed by atoms with Gasteiger partial charge in [0, 0.05) is 44.1 Å². The first-order valence-electron chi connectivity index (χ1n) is 27.1. The molecule has 2 saturated heterocycles. The first kappa shape index (κ1) is 58.9. The maximum absolute atomic E-state index is 14.8. The molecule has 4 N–H and O–H groups in total. The number of H-pyrrole nitrogens is 1. The predicted octanol–water partition coefficient (Wildman–Crippen LogP) is 9.65. The summed E-state index contributed by atoms with van der Waals surface area (Å²) in [5.41, 5.74) is -0.819. The van der Waals surface area contributed by atoms with E-state index in [-0.39, 0.29) is 74.6 Å². The number of likely N-dealkylation sites (tertiary alicyclic amines) is 2. The van der Waals surface area contributed by atoms with Crippen molar-refractivity contribution in [3.8, 4) is 0 Å². The molecule has 0 spiro atoms. The van der Waals surface area contributed by atoms with E-state index in [4.69, 9.17) is 4.74 Å². The van der Waals surface area contributed by atoms with Gasteiger partial charge in [-0.05, 0) is 108 Å². The van der Waals surface area contributed by atoms with E-state index in [9.17, 15) is 60.2 Å². The van der Waals surface area contributed by atoms with Crippen molar-refractivity contribution in [3.05, 3.63) is 107 Å². The molecule has 24 heteroatoms. The summed E-state index contributed by atoms with van der Waals surface area (Å²) >= 11 is 0. The second-order valence-electron chi connectivity index (χ2n) is 23.4. The molecule has 2 aromatic carbocycles. The molecule has 4 amide bonds. The maximum Gasteiger partial charge on any atom is 0.435 e. The first-order chi connectivity index (χ1) is 38.5. The van der Waals surface area contributed by atoms with Gasteiger partial charge in [0.1, 0.15) is 52.7 Å². The molecule has 2 aliphatic heterocycles. The topological polar surface area (TPSA) is 235 Å². The number of anilines is 2. The third kappa shape index (κ3) is 12.4. The zero-order valence-corrected chi connectivity index (χ0v) is 46.1. The predicted molar refractivity (Wildman–Crippen MR) is 289 cm³/mol. The van der Waals surface area contributed by atoms with Crippen LogP contribution in [0.1, 0.15) is 133 Å². The van der Waals surface area contributed by atoms with Crippen molar-refractivity contribution in [3.63, 3.8) is 0 Å². The van der Waals surface area contributed by atoms with Crippen LogP contribution in [0, 0.1) is 0 Å². The van der Waals surface area contributed by atoms with Gasteiger partial charge in [-0.2, -0.15) is 14.9 Å². The summed E-state index contributed by atoms with van der Waals surface area (Å²) in [6.45, 7) is 9.13. The fourth-order valence-electron chi connectivity index (χ4n) is 11.4. The number of fused-ring (bicyclic) bond motifs is 2. The van der Waals surface area contributed by atoms with Crippen molar-refractivity contribution in [2.24, 2.45) is 0 Å². The number of aromatic amines is 1. The lowest BCUT2D eigenvalue weighted by Gasteiger charge is -2.42. The highest BCUT2D eigenvalue weighted by Gasteiger charge is 2.55. The molecule has 0 radical (unpaired) electrons. The zero-order chi connectivity index (χ0) is 59.3. The van der Waals surface area contributed by atoms with Crippen molar-refractivity contribution in [1.29, 1.82) is 0 Å². The van der Waals surface area contributed by atoms with Crippen LogP contribution in [0.3, 0.4) is 0 Å². The Hall–Kier alpha value is -7.76. The number of aromatic nitrogens is 6. The third-order valence-electron chi connectivity index (χ3n) is 15.9. The summed E-state index contributed by atoms with van der Waals surface area (Å²) in [6, 6.07) is 16.8. The lowest BCUT2D eigenvalue weighted by molar-refractivity contribution is -0.147. The molecule has 436 valence electrons. The normalized spacial score (nSPS) is 22.0. The average Bonchev–Trinajstić information content (AvgIpc) is 4.35. The number of alkyl halides is 6. The molecule has 0 bridgehead atoms. The molecule has 4 aliphatic rings. The summed E-state index contributed by atoms with van der Waals surface area (Å²) in [6.07, 6.45) is -4.02. The standard InChI is InChI=1S/C31H34F3N5O5.C27H30F3N5O3/c1-18(40)19-5-7-20(8-6-19)30(11-13-31(33,34)14-12-30)27(42)38-17-21(32)15-24(38)26(41)37-25-10-9-23-22(36-25)16-35-39(23)28(43)44-29(2,3)4;1-25(2,38)16-3-5-17(6-4-16)26(9-11-27(29,30)12-10-26)24(37)35-15-18(28)13-21(35)23(36)33-22-8-7-19-20(32-22)14-31-34-19/h5-10,16,21,24H,11-15,17H2,1-4H3,(H,36,37,41);3-8,14,18,21,38H,9-13,15H2,1-2H3,(H,31,34)(H,32,33,36)/t21-,24-;18-,21-/m11/s1. The number of nitrogens with one attached hydrogen (secondary N) is 3. The van der Waals surface area contributed by atoms with Crippen LogP contribution in [0.4, 0.5) is 42.8 Å². The van der Waals surface area contributed by atoms with Crippen molar-refractivity contribution in [2.75, 3.05) is 23.7 Å². The SMILES string of the molecule is CC(=O)c1ccc(C2(C(=O)N3C[C@H](F)C[C@@H]3C(=O)Nc3ccc4c(cnn4C(=O)OC(C)(C)C)n3)CCC(F)(F)CC2)cc1.CC(C)(O)c1ccc(C2(C(=O)N3C[C@H](F)C[C@@H]3C(=O)Nc3ccc4[nH]ncc4n3)CCC(F)(F)CC2)cc1. The van der Waals surface area contributed by atoms with E-state index in [1.54, 1.807) is 95.3 Å². The number of benzene rings is 2. The Morgan fingerprint density at radius 2 is 1.10 bits per heavy atom. The van der Waals surface area contributed by atoms with E-state index in [0.717, 1.165) is 9.58 Å². The van der Waals surface area contributed by atoms with Crippen molar-refractivity contribution in [1.82, 2.24) is 39.7 Å². The molecule has 18 nitrogen and oxygen atoms in total. The molecule has 2 saturated carbocycles. The van der Waals surface area contributed by atoms with Gasteiger partial charge in [0.2, 0.25) is 35.5 Å². The minimum atomic E-state index is -2.95. The van der Waals surface area contributed by atoms with Crippen LogP contribution < -0.4 is 10.6 Å². The van der Waals surface area contributed by atoms with E-state index in [0.29, 0.717) is 38.8 Å². The van der Waals surface area contributed by atoms with Gasteiger partial charge in [0.25, 0.3) is 0 Å². The molecule has 10 rings (SSSR count). The monoisotopic (exact) mass is 1140 g/mol. The average molecular weight is 1140 g/mol. The van der Waals surface area contributed by atoms with E-state index < -0.39 is 114 Å². The molecule has 2 aliphatic carbocycles. The quantitative estimate of drug-likeness (QED) is 0.0741. The van der Waals surface area contributed by atoms with Crippen LogP contribution in [0.15, 0.2) is 85.2 Å². The molecule has 4 aromatic heterocycles. The lowest BCUT2D eigenvalue weighted by atomic mass is 9.67. The smallest absolute Gasteiger partial charge is 0.435 e. The van der Waals surface area contributed by atoms with E-state index in [1.165, 1.54) is 36.4 Å². The molecule has 4 fully saturated rings. The number of pyridine rings is 2. The van der Waals surface area contributed by atoms with E-state index in [2.05, 4.69) is 35.9 Å². The number of ketones is 1. The van der Waals surface area contributed by atoms with Crippen LogP contribution in [0.5, 0.6) is 0 Å². The Balaban J connectivity index is 0.000000200. The first-order valence-corrected chi connectivity index (χ1v) is 27.1. The second kappa shape index (κ2) is 22.2. The van der Waals surface area contributed by atoms with Gasteiger partial charge < -0.3 is 30.3 Å². The Morgan fingerprint density at radius 3 is 1.56 bits per heavy atom. The van der Waals surface area contributed by atoms with Gasteiger partial charge in [-0.15, -0.1) is 0 Å². The Labute approximate surface area is 467 Å². The molecular formula is C58H64F6N10O8. The fraction of sp³-hybridized carbons (Fsp3) is 0.483. The molecule has 82 heavy (non-hydrogen) atoms. The number of amides is 4. The number of ether oxygens (including phenoxy) is 1. The Bertz CT molecular complexity index is 3390. The Kier molecular flexibility index (Phi) is 15.9. The highest BCUT2D eigenvalue weighted by Crippen LogP contribution is 2.49. The summed E-state index contributed by atoms with van der Waals surface area (Å²) in [5.74, 6) is -8.15. The van der Waals surface area contributed by atoms with Crippen molar-refractivity contribution >= 4 is 69.2 Å². The van der Waals surface area contributed by atoms with Gasteiger partial charge in [0.05, 0.1) is 52.9 Å². The summed E-state index contributed by atoms with van der Waals surface area (Å²) in [4.78, 5) is 90.3. The van der Waals surface area contributed by atoms with Crippen LogP contribution >= 0.6 is 0 Å². The van der Waals surface area contributed by atoms with Crippen molar-refractivity contribution in [2.45, 2.75) is 164 Å². The number of rotatable bonds is 10. The fourth-order valence-corrected chi connectivity index (χ4v) is 11.4. The van der Waals surface area contributed by atoms with Gasteiger partial charge in [-0.1, -0.05) is 48.5 Å². The van der Waals surface area contributed by atoms with Crippen molar-refractivity contribution < 1.29 is 65.0 Å². The summed E-state index contributed by atoms with van der Waals surface area (Å²) in [7, 11) is 0. The van der Waals surface area contributed by atoms with Gasteiger partial charge in [-0.25, -0.2) is 41.1 Å². The molecule has 6 heterocycles. The largest absolute Gasteiger partial charge is 0.442 e. The van der Waals surface area contributed by atoms with Crippen LogP contribution in [0.25, 0.3) is 22.1 Å². The van der Waals surface area contributed by atoms with Crippen LogP contribution in [-0.2, 0) is 40.3 Å². The lowest BCUT2D eigenvalue weighted by Crippen LogP contribution is -2.54. The zero-order valence-electron chi connectivity index (χ0n) is 46.1. The number of halogens is 6. The highest BCUT2D eigenvalue weighted by molar-refractivity contribution is 6.01. The van der Waals surface area contributed by atoms with Crippen LogP contribution in [-0.4, -0.2) is 135 Å². The number of carbonyl (C=O) groups is 6. The van der Waals surface area contributed by atoms with Gasteiger partial charge in [-0.3, -0.25) is 29.1 Å². The number of hydrogen-bond donors (Lipinski definition) is 4. The summed E-state index contributed by atoms with van der Waals surface area (Å²) in [5, 5.41) is 26.3. The van der Waals surface area contributed by atoms with E-state index >= 15 is 0 Å². The number of aliphatic hydroxyl groups is 1. The minimum Gasteiger partial charge on any atom is -0.442 e. The number of nitrogens with zero attached hydrogens (tertiary/aromatic N) is 7. The number of hydrogen-bond acceptors (Lipinski definition) is 12. The molecular weight excluding hydrogens is 1080 g/mol. The summed E-state index contributed by atoms with van der Waals surface area (Å²) < 4.78 is 92.9.